The zero-order chi connectivity index (χ0) is 17.3. The van der Waals surface area contributed by atoms with Crippen LogP contribution in [0.1, 0.15) is 36.7 Å². The lowest BCUT2D eigenvalue weighted by molar-refractivity contribution is 0.0537. The Kier molecular flexibility index (Phi) is 4.71. The van der Waals surface area contributed by atoms with Gasteiger partial charge in [0.2, 0.25) is 0 Å². The van der Waals surface area contributed by atoms with E-state index in [1.54, 1.807) is 0 Å². The number of carbonyl (C=O) groups is 2. The molecule has 2 heterocycles. The van der Waals surface area contributed by atoms with E-state index in [9.17, 15) is 9.59 Å². The molecule has 2 amide bonds. The van der Waals surface area contributed by atoms with E-state index in [4.69, 9.17) is 0 Å². The molecule has 0 saturated carbocycles. The summed E-state index contributed by atoms with van der Waals surface area (Å²) in [6, 6.07) is 7.79. The lowest BCUT2D eigenvalue weighted by atomic mass is 10.00. The van der Waals surface area contributed by atoms with Crippen molar-refractivity contribution in [1.82, 2.24) is 9.80 Å². The summed E-state index contributed by atoms with van der Waals surface area (Å²) < 4.78 is 0. The summed E-state index contributed by atoms with van der Waals surface area (Å²) in [4.78, 5) is 29.6. The zero-order valence-corrected chi connectivity index (χ0v) is 15.2. The molecule has 4 nitrogen and oxygen atoms in total. The van der Waals surface area contributed by atoms with Gasteiger partial charge in [0, 0.05) is 31.7 Å². The summed E-state index contributed by atoms with van der Waals surface area (Å²) in [5, 5.41) is 1.91. The lowest BCUT2D eigenvalue weighted by Crippen LogP contribution is -2.50. The fourth-order valence-corrected chi connectivity index (χ4v) is 3.72. The van der Waals surface area contributed by atoms with Gasteiger partial charge in [-0.25, -0.2) is 0 Å². The molecule has 0 atom stereocenters. The molecule has 1 aromatic carbocycles. The van der Waals surface area contributed by atoms with Crippen molar-refractivity contribution in [3.05, 3.63) is 56.8 Å². The summed E-state index contributed by atoms with van der Waals surface area (Å²) in [5.74, 6) is 0.137. The smallest absolute Gasteiger partial charge is 0.264 e. The molecule has 1 saturated heterocycles. The molecule has 5 heteroatoms. The highest BCUT2D eigenvalue weighted by atomic mass is 32.1. The number of amides is 2. The topological polar surface area (TPSA) is 40.6 Å². The molecule has 1 aliphatic rings. The van der Waals surface area contributed by atoms with Crippen LogP contribution in [-0.2, 0) is 0 Å². The summed E-state index contributed by atoms with van der Waals surface area (Å²) in [7, 11) is 0. The van der Waals surface area contributed by atoms with Crippen LogP contribution in [0.5, 0.6) is 0 Å². The number of nitrogens with zero attached hydrogens (tertiary/aromatic N) is 2. The van der Waals surface area contributed by atoms with Crippen molar-refractivity contribution in [2.45, 2.75) is 20.8 Å². The van der Waals surface area contributed by atoms with Gasteiger partial charge in [-0.2, -0.15) is 0 Å². The van der Waals surface area contributed by atoms with E-state index in [2.05, 4.69) is 13.0 Å². The van der Waals surface area contributed by atoms with Gasteiger partial charge < -0.3 is 9.80 Å². The molecule has 1 aliphatic heterocycles. The average molecular weight is 342 g/mol. The molecule has 0 spiro atoms. The molecule has 3 rings (SSSR count). The van der Waals surface area contributed by atoms with Gasteiger partial charge in [-0.3, -0.25) is 9.59 Å². The minimum Gasteiger partial charge on any atom is -0.335 e. The van der Waals surface area contributed by atoms with E-state index in [1.165, 1.54) is 16.9 Å². The first-order valence-corrected chi connectivity index (χ1v) is 9.05. The molecule has 126 valence electrons. The van der Waals surface area contributed by atoms with Crippen molar-refractivity contribution in [3.8, 4) is 0 Å². The number of benzene rings is 1. The predicted molar refractivity (Wildman–Crippen MR) is 96.8 cm³/mol. The second-order valence-corrected chi connectivity index (χ2v) is 7.26. The van der Waals surface area contributed by atoms with Gasteiger partial charge in [0.15, 0.2) is 0 Å². The first-order chi connectivity index (χ1) is 11.5. The third kappa shape index (κ3) is 3.22. The molecule has 1 fully saturated rings. The maximum atomic E-state index is 12.8. The van der Waals surface area contributed by atoms with E-state index < -0.39 is 0 Å². The minimum absolute atomic E-state index is 0.0684. The van der Waals surface area contributed by atoms with Crippen LogP contribution in [0.3, 0.4) is 0 Å². The number of piperazine rings is 1. The van der Waals surface area contributed by atoms with Crippen molar-refractivity contribution >= 4 is 23.2 Å². The molecule has 0 radical (unpaired) electrons. The van der Waals surface area contributed by atoms with E-state index in [0.717, 1.165) is 21.6 Å². The Balaban J connectivity index is 1.67. The summed E-state index contributed by atoms with van der Waals surface area (Å²) in [5.41, 5.74) is 4.13. The SMILES string of the molecule is Cc1cc(C)c(C(=O)N2CCN(C(=O)c3cccs3)CC2)cc1C. The first-order valence-electron chi connectivity index (χ1n) is 8.17. The normalized spacial score (nSPS) is 14.8. The van der Waals surface area contributed by atoms with Crippen LogP contribution in [0, 0.1) is 20.8 Å². The van der Waals surface area contributed by atoms with Crippen LogP contribution in [0.4, 0.5) is 0 Å². The van der Waals surface area contributed by atoms with Crippen molar-refractivity contribution in [1.29, 1.82) is 0 Å². The van der Waals surface area contributed by atoms with E-state index in [1.807, 2.05) is 47.2 Å². The molecule has 2 aromatic rings. The fraction of sp³-hybridized carbons (Fsp3) is 0.368. The van der Waals surface area contributed by atoms with Gasteiger partial charge in [0.05, 0.1) is 4.88 Å². The largest absolute Gasteiger partial charge is 0.335 e. The fourth-order valence-electron chi connectivity index (χ4n) is 3.03. The number of carbonyl (C=O) groups excluding carboxylic acids is 2. The number of hydrogen-bond donors (Lipinski definition) is 0. The van der Waals surface area contributed by atoms with Crippen LogP contribution in [-0.4, -0.2) is 47.8 Å². The maximum absolute atomic E-state index is 12.8. The summed E-state index contributed by atoms with van der Waals surface area (Å²) in [6.45, 7) is 8.42. The van der Waals surface area contributed by atoms with E-state index in [-0.39, 0.29) is 11.8 Å². The highest BCUT2D eigenvalue weighted by Crippen LogP contribution is 2.19. The second kappa shape index (κ2) is 6.77. The summed E-state index contributed by atoms with van der Waals surface area (Å²) in [6.07, 6.45) is 0. The van der Waals surface area contributed by atoms with E-state index >= 15 is 0 Å². The molecule has 0 N–H and O–H groups in total. The third-order valence-electron chi connectivity index (χ3n) is 4.66. The van der Waals surface area contributed by atoms with Crippen molar-refractivity contribution in [3.63, 3.8) is 0 Å². The summed E-state index contributed by atoms with van der Waals surface area (Å²) >= 11 is 1.46. The Morgan fingerprint density at radius 2 is 1.46 bits per heavy atom. The Hall–Kier alpha value is -2.14. The van der Waals surface area contributed by atoms with Crippen LogP contribution in [0.15, 0.2) is 29.6 Å². The molecular formula is C19H22N2O2S. The quantitative estimate of drug-likeness (QED) is 0.840. The maximum Gasteiger partial charge on any atom is 0.264 e. The van der Waals surface area contributed by atoms with Crippen molar-refractivity contribution in [2.75, 3.05) is 26.2 Å². The van der Waals surface area contributed by atoms with Gasteiger partial charge in [-0.05, 0) is 55.0 Å². The lowest BCUT2D eigenvalue weighted by Gasteiger charge is -2.35. The third-order valence-corrected chi connectivity index (χ3v) is 5.52. The number of aryl methyl sites for hydroxylation is 3. The van der Waals surface area contributed by atoms with Gasteiger partial charge >= 0.3 is 0 Å². The van der Waals surface area contributed by atoms with Crippen LogP contribution < -0.4 is 0 Å². The molecular weight excluding hydrogens is 320 g/mol. The van der Waals surface area contributed by atoms with E-state index in [0.29, 0.717) is 26.2 Å². The van der Waals surface area contributed by atoms with Gasteiger partial charge in [-0.15, -0.1) is 11.3 Å². The van der Waals surface area contributed by atoms with Gasteiger partial charge in [0.25, 0.3) is 11.8 Å². The molecule has 0 unspecified atom stereocenters. The number of rotatable bonds is 2. The second-order valence-electron chi connectivity index (χ2n) is 6.31. The average Bonchev–Trinajstić information content (AvgIpc) is 3.11. The first kappa shape index (κ1) is 16.7. The minimum atomic E-state index is 0.0684. The van der Waals surface area contributed by atoms with Crippen molar-refractivity contribution in [2.24, 2.45) is 0 Å². The molecule has 24 heavy (non-hydrogen) atoms. The standard InChI is InChI=1S/C19H22N2O2S/c1-13-11-15(3)16(12-14(13)2)18(22)20-6-8-21(9-7-20)19(23)17-5-4-10-24-17/h4-5,10-12H,6-9H2,1-3H3. The Labute approximate surface area is 146 Å². The predicted octanol–water partition coefficient (Wildman–Crippen LogP) is 3.27. The highest BCUT2D eigenvalue weighted by molar-refractivity contribution is 7.12. The Morgan fingerprint density at radius 1 is 0.875 bits per heavy atom. The molecule has 1 aromatic heterocycles. The molecule has 0 aliphatic carbocycles. The van der Waals surface area contributed by atoms with Crippen LogP contribution in [0.25, 0.3) is 0 Å². The van der Waals surface area contributed by atoms with Crippen LogP contribution >= 0.6 is 11.3 Å². The highest BCUT2D eigenvalue weighted by Gasteiger charge is 2.26. The molecule has 0 bridgehead atoms. The Morgan fingerprint density at radius 3 is 2.04 bits per heavy atom. The number of thiophene rings is 1. The van der Waals surface area contributed by atoms with Gasteiger partial charge in [0.1, 0.15) is 0 Å². The monoisotopic (exact) mass is 342 g/mol. The van der Waals surface area contributed by atoms with Gasteiger partial charge in [-0.1, -0.05) is 12.1 Å². The number of hydrogen-bond acceptors (Lipinski definition) is 3. The van der Waals surface area contributed by atoms with Crippen LogP contribution in [0.2, 0.25) is 0 Å². The van der Waals surface area contributed by atoms with Crippen molar-refractivity contribution < 1.29 is 9.59 Å². The zero-order valence-electron chi connectivity index (χ0n) is 14.3. The Bertz CT molecular complexity index is 760.